The lowest BCUT2D eigenvalue weighted by Crippen LogP contribution is -2.33. The van der Waals surface area contributed by atoms with Crippen LogP contribution >= 0.6 is 23.5 Å². The molecule has 1 fully saturated rings. The van der Waals surface area contributed by atoms with Gasteiger partial charge >= 0.3 is 0 Å². The van der Waals surface area contributed by atoms with E-state index in [0.717, 1.165) is 18.0 Å². The van der Waals surface area contributed by atoms with Crippen LogP contribution in [0.15, 0.2) is 18.2 Å². The van der Waals surface area contributed by atoms with E-state index in [2.05, 4.69) is 30.1 Å². The van der Waals surface area contributed by atoms with Crippen molar-refractivity contribution >= 4 is 23.5 Å². The molecule has 112 valence electrons. The lowest BCUT2D eigenvalue weighted by Gasteiger charge is -2.31. The SMILES string of the molecule is CCNC(c1ccc(OC)cc1OC)C1CSCCS1. The molecule has 1 heterocycles. The van der Waals surface area contributed by atoms with Gasteiger partial charge in [0.1, 0.15) is 11.5 Å². The summed E-state index contributed by atoms with van der Waals surface area (Å²) in [6.07, 6.45) is 0. The van der Waals surface area contributed by atoms with Gasteiger partial charge in [0.05, 0.1) is 14.2 Å². The molecular weight excluding hydrogens is 290 g/mol. The summed E-state index contributed by atoms with van der Waals surface area (Å²) in [5.74, 6) is 5.44. The fourth-order valence-corrected chi connectivity index (χ4v) is 5.29. The molecule has 1 aliphatic rings. The van der Waals surface area contributed by atoms with E-state index in [9.17, 15) is 0 Å². The molecule has 2 rings (SSSR count). The molecule has 2 atom stereocenters. The Labute approximate surface area is 130 Å². The molecule has 3 nitrogen and oxygen atoms in total. The number of thioether (sulfide) groups is 2. The van der Waals surface area contributed by atoms with Gasteiger partial charge in [-0.15, -0.1) is 0 Å². The zero-order valence-corrected chi connectivity index (χ0v) is 14.0. The van der Waals surface area contributed by atoms with Gasteiger partial charge in [0.25, 0.3) is 0 Å². The third-order valence-corrected chi connectivity index (χ3v) is 6.28. The van der Waals surface area contributed by atoms with Gasteiger partial charge in [-0.3, -0.25) is 0 Å². The van der Waals surface area contributed by atoms with E-state index in [-0.39, 0.29) is 0 Å². The van der Waals surface area contributed by atoms with E-state index < -0.39 is 0 Å². The van der Waals surface area contributed by atoms with E-state index in [1.165, 1.54) is 22.8 Å². The molecule has 0 saturated carbocycles. The molecule has 5 heteroatoms. The molecule has 1 aliphatic heterocycles. The number of benzene rings is 1. The second-order valence-electron chi connectivity index (χ2n) is 4.63. The number of hydrogen-bond donors (Lipinski definition) is 1. The van der Waals surface area contributed by atoms with Crippen LogP contribution in [0, 0.1) is 0 Å². The fraction of sp³-hybridized carbons (Fsp3) is 0.600. The Morgan fingerprint density at radius 3 is 2.75 bits per heavy atom. The Morgan fingerprint density at radius 2 is 2.15 bits per heavy atom. The summed E-state index contributed by atoms with van der Waals surface area (Å²) in [6, 6.07) is 6.45. The minimum atomic E-state index is 0.332. The van der Waals surface area contributed by atoms with Gasteiger partial charge in [0.15, 0.2) is 0 Å². The van der Waals surface area contributed by atoms with Crippen molar-refractivity contribution < 1.29 is 9.47 Å². The lowest BCUT2D eigenvalue weighted by molar-refractivity contribution is 0.384. The monoisotopic (exact) mass is 313 g/mol. The van der Waals surface area contributed by atoms with Gasteiger partial charge in [-0.25, -0.2) is 0 Å². The van der Waals surface area contributed by atoms with Gasteiger partial charge in [-0.1, -0.05) is 13.0 Å². The first-order chi connectivity index (χ1) is 9.80. The van der Waals surface area contributed by atoms with Crippen molar-refractivity contribution in [3.63, 3.8) is 0 Å². The average molecular weight is 313 g/mol. The Kier molecular flexibility index (Phi) is 6.39. The molecule has 2 unspecified atom stereocenters. The fourth-order valence-electron chi connectivity index (χ4n) is 2.44. The van der Waals surface area contributed by atoms with Crippen LogP contribution in [0.5, 0.6) is 11.5 Å². The van der Waals surface area contributed by atoms with Crippen LogP contribution in [0.25, 0.3) is 0 Å². The zero-order valence-electron chi connectivity index (χ0n) is 12.3. The maximum atomic E-state index is 5.57. The van der Waals surface area contributed by atoms with Crippen LogP contribution in [0.3, 0.4) is 0 Å². The first-order valence-corrected chi connectivity index (χ1v) is 9.15. The molecule has 0 amide bonds. The van der Waals surface area contributed by atoms with E-state index in [1.807, 2.05) is 23.9 Å². The molecule has 0 aliphatic carbocycles. The number of rotatable bonds is 6. The Hall–Kier alpha value is -0.520. The molecular formula is C15H23NO2S2. The minimum absolute atomic E-state index is 0.332. The van der Waals surface area contributed by atoms with Gasteiger partial charge in [0, 0.05) is 40.2 Å². The Morgan fingerprint density at radius 1 is 1.30 bits per heavy atom. The number of ether oxygens (including phenoxy) is 2. The topological polar surface area (TPSA) is 30.5 Å². The largest absolute Gasteiger partial charge is 0.497 e. The number of nitrogens with one attached hydrogen (secondary N) is 1. The summed E-state index contributed by atoms with van der Waals surface area (Å²) in [5, 5.41) is 4.22. The summed E-state index contributed by atoms with van der Waals surface area (Å²) in [4.78, 5) is 0. The van der Waals surface area contributed by atoms with Crippen LogP contribution in [0.2, 0.25) is 0 Å². The normalized spacial score (nSPS) is 20.4. The van der Waals surface area contributed by atoms with Crippen molar-refractivity contribution in [3.05, 3.63) is 23.8 Å². The summed E-state index contributed by atoms with van der Waals surface area (Å²) in [5.41, 5.74) is 1.23. The predicted octanol–water partition coefficient (Wildman–Crippen LogP) is 3.20. The first kappa shape index (κ1) is 15.9. The highest BCUT2D eigenvalue weighted by molar-refractivity contribution is 8.06. The van der Waals surface area contributed by atoms with Crippen molar-refractivity contribution in [2.75, 3.05) is 38.0 Å². The van der Waals surface area contributed by atoms with E-state index in [1.54, 1.807) is 14.2 Å². The van der Waals surface area contributed by atoms with Crippen LogP contribution in [-0.2, 0) is 0 Å². The second kappa shape index (κ2) is 8.05. The van der Waals surface area contributed by atoms with Gasteiger partial charge in [-0.2, -0.15) is 23.5 Å². The highest BCUT2D eigenvalue weighted by atomic mass is 32.2. The molecule has 0 bridgehead atoms. The van der Waals surface area contributed by atoms with Crippen LogP contribution in [-0.4, -0.2) is 43.3 Å². The van der Waals surface area contributed by atoms with Gasteiger partial charge in [-0.05, 0) is 12.6 Å². The molecule has 20 heavy (non-hydrogen) atoms. The molecule has 0 aromatic heterocycles. The number of methoxy groups -OCH3 is 2. The summed E-state index contributed by atoms with van der Waals surface area (Å²) < 4.78 is 10.9. The highest BCUT2D eigenvalue weighted by Crippen LogP contribution is 2.38. The summed E-state index contributed by atoms with van der Waals surface area (Å²) >= 11 is 4.11. The standard InChI is InChI=1S/C15H23NO2S2/c1-4-16-15(14-10-19-7-8-20-14)12-6-5-11(17-2)9-13(12)18-3/h5-6,9,14-16H,4,7-8,10H2,1-3H3. The van der Waals surface area contributed by atoms with Crippen molar-refractivity contribution in [3.8, 4) is 11.5 Å². The van der Waals surface area contributed by atoms with E-state index in [4.69, 9.17) is 9.47 Å². The maximum absolute atomic E-state index is 5.57. The zero-order chi connectivity index (χ0) is 14.4. The summed E-state index contributed by atoms with van der Waals surface area (Å²) in [7, 11) is 3.41. The van der Waals surface area contributed by atoms with Crippen molar-refractivity contribution in [2.24, 2.45) is 0 Å². The average Bonchev–Trinajstić information content (AvgIpc) is 2.53. The van der Waals surface area contributed by atoms with Gasteiger partial charge < -0.3 is 14.8 Å². The number of hydrogen-bond acceptors (Lipinski definition) is 5. The van der Waals surface area contributed by atoms with Gasteiger partial charge in [0.2, 0.25) is 0 Å². The molecule has 1 N–H and O–H groups in total. The minimum Gasteiger partial charge on any atom is -0.497 e. The quantitative estimate of drug-likeness (QED) is 0.871. The maximum Gasteiger partial charge on any atom is 0.127 e. The first-order valence-electron chi connectivity index (χ1n) is 6.94. The van der Waals surface area contributed by atoms with E-state index >= 15 is 0 Å². The van der Waals surface area contributed by atoms with Crippen molar-refractivity contribution in [2.45, 2.75) is 18.2 Å². The molecule has 1 aromatic rings. The predicted molar refractivity (Wildman–Crippen MR) is 89.5 cm³/mol. The molecule has 1 aromatic carbocycles. The molecule has 1 saturated heterocycles. The molecule has 0 spiro atoms. The second-order valence-corrected chi connectivity index (χ2v) is 7.12. The third-order valence-electron chi connectivity index (χ3n) is 3.41. The van der Waals surface area contributed by atoms with Crippen molar-refractivity contribution in [1.82, 2.24) is 5.32 Å². The van der Waals surface area contributed by atoms with Crippen LogP contribution in [0.4, 0.5) is 0 Å². The van der Waals surface area contributed by atoms with Crippen LogP contribution in [0.1, 0.15) is 18.5 Å². The van der Waals surface area contributed by atoms with Crippen LogP contribution < -0.4 is 14.8 Å². The highest BCUT2D eigenvalue weighted by Gasteiger charge is 2.27. The molecule has 0 radical (unpaired) electrons. The van der Waals surface area contributed by atoms with E-state index in [0.29, 0.717) is 11.3 Å². The van der Waals surface area contributed by atoms with Crippen molar-refractivity contribution in [1.29, 1.82) is 0 Å². The Balaban J connectivity index is 2.27. The lowest BCUT2D eigenvalue weighted by atomic mass is 10.0. The Bertz CT molecular complexity index is 422. The summed E-state index contributed by atoms with van der Waals surface area (Å²) in [6.45, 7) is 3.12. The smallest absolute Gasteiger partial charge is 0.127 e. The third kappa shape index (κ3) is 3.77.